The third kappa shape index (κ3) is 3.59. The number of amides is 1. The molecule has 1 N–H and O–H groups in total. The van der Waals surface area contributed by atoms with Gasteiger partial charge < -0.3 is 14.5 Å². The average Bonchev–Trinajstić information content (AvgIpc) is 3.09. The van der Waals surface area contributed by atoms with E-state index in [-0.39, 0.29) is 11.7 Å². The van der Waals surface area contributed by atoms with Crippen LogP contribution in [0.4, 0.5) is 5.69 Å². The number of hydrogen-bond acceptors (Lipinski definition) is 5. The van der Waals surface area contributed by atoms with Gasteiger partial charge in [-0.25, -0.2) is 4.79 Å². The van der Waals surface area contributed by atoms with Crippen molar-refractivity contribution in [3.8, 4) is 0 Å². The highest BCUT2D eigenvalue weighted by Gasteiger charge is 2.13. The van der Waals surface area contributed by atoms with Crippen LogP contribution in [0, 0.1) is 0 Å². The molecule has 1 amide bonds. The van der Waals surface area contributed by atoms with Gasteiger partial charge in [-0.2, -0.15) is 0 Å². The van der Waals surface area contributed by atoms with E-state index in [0.29, 0.717) is 16.1 Å². The Balaban J connectivity index is 1.47. The zero-order valence-electron chi connectivity index (χ0n) is 15.1. The minimum atomic E-state index is -0.418. The van der Waals surface area contributed by atoms with Gasteiger partial charge in [0, 0.05) is 27.4 Å². The monoisotopic (exact) mass is 391 g/mol. The molecular formula is C22H17NO4S. The summed E-state index contributed by atoms with van der Waals surface area (Å²) in [6, 6.07) is 20.5. The molecule has 6 heteroatoms. The topological polar surface area (TPSA) is 68.5 Å². The molecular weight excluding hydrogens is 374 g/mol. The number of hydrogen-bond donors (Lipinski definition) is 1. The van der Waals surface area contributed by atoms with E-state index in [9.17, 15) is 9.59 Å². The van der Waals surface area contributed by atoms with Gasteiger partial charge in [0.1, 0.15) is 11.2 Å². The molecule has 0 saturated carbocycles. The van der Waals surface area contributed by atoms with Crippen molar-refractivity contribution in [1.29, 1.82) is 0 Å². The molecule has 28 heavy (non-hydrogen) atoms. The Labute approximate surface area is 165 Å². The number of para-hydroxylation sites is 1. The maximum absolute atomic E-state index is 12.4. The van der Waals surface area contributed by atoms with Gasteiger partial charge in [-0.15, -0.1) is 11.8 Å². The minimum Gasteiger partial charge on any atom is -0.465 e. The van der Waals surface area contributed by atoms with Crippen LogP contribution in [0.15, 0.2) is 76.0 Å². The van der Waals surface area contributed by atoms with Crippen LogP contribution in [0.3, 0.4) is 0 Å². The SMILES string of the molecule is COC(=O)c1ccccc1SCC(=O)Nc1ccc2c(c1)oc1ccccc12. The largest absolute Gasteiger partial charge is 0.465 e. The van der Waals surface area contributed by atoms with E-state index in [1.54, 1.807) is 18.2 Å². The summed E-state index contributed by atoms with van der Waals surface area (Å²) in [6.07, 6.45) is 0. The van der Waals surface area contributed by atoms with E-state index in [0.717, 1.165) is 21.9 Å². The van der Waals surface area contributed by atoms with E-state index in [4.69, 9.17) is 9.15 Å². The molecule has 4 aromatic rings. The number of ether oxygens (including phenoxy) is 1. The Bertz CT molecular complexity index is 1180. The number of methoxy groups -OCH3 is 1. The smallest absolute Gasteiger partial charge is 0.338 e. The number of fused-ring (bicyclic) bond motifs is 3. The quantitative estimate of drug-likeness (QED) is 0.378. The summed E-state index contributed by atoms with van der Waals surface area (Å²) in [6.45, 7) is 0. The molecule has 0 saturated heterocycles. The summed E-state index contributed by atoms with van der Waals surface area (Å²) in [5.74, 6) is -0.411. The molecule has 0 unspecified atom stereocenters. The molecule has 1 aromatic heterocycles. The molecule has 0 spiro atoms. The number of thioether (sulfide) groups is 1. The van der Waals surface area contributed by atoms with E-state index >= 15 is 0 Å². The van der Waals surface area contributed by atoms with Crippen LogP contribution < -0.4 is 5.32 Å². The van der Waals surface area contributed by atoms with Gasteiger partial charge in [-0.3, -0.25) is 4.79 Å². The van der Waals surface area contributed by atoms with Crippen LogP contribution in [0.25, 0.3) is 21.9 Å². The van der Waals surface area contributed by atoms with Crippen molar-refractivity contribution in [3.63, 3.8) is 0 Å². The first-order valence-corrected chi connectivity index (χ1v) is 9.65. The van der Waals surface area contributed by atoms with E-state index < -0.39 is 5.97 Å². The van der Waals surface area contributed by atoms with Gasteiger partial charge in [-0.1, -0.05) is 30.3 Å². The second-order valence-electron chi connectivity index (χ2n) is 6.13. The van der Waals surface area contributed by atoms with E-state index in [1.807, 2.05) is 48.5 Å². The van der Waals surface area contributed by atoms with Gasteiger partial charge >= 0.3 is 5.97 Å². The fourth-order valence-corrected chi connectivity index (χ4v) is 3.86. The highest BCUT2D eigenvalue weighted by atomic mass is 32.2. The van der Waals surface area contributed by atoms with Crippen LogP contribution >= 0.6 is 11.8 Å². The predicted molar refractivity (Wildman–Crippen MR) is 111 cm³/mol. The summed E-state index contributed by atoms with van der Waals surface area (Å²) < 4.78 is 10.6. The van der Waals surface area contributed by atoms with Gasteiger partial charge in [0.15, 0.2) is 0 Å². The van der Waals surface area contributed by atoms with Gasteiger partial charge in [0.05, 0.1) is 18.4 Å². The Morgan fingerprint density at radius 2 is 1.71 bits per heavy atom. The fraction of sp³-hybridized carbons (Fsp3) is 0.0909. The second-order valence-corrected chi connectivity index (χ2v) is 7.15. The molecule has 0 fully saturated rings. The molecule has 0 aliphatic carbocycles. The number of nitrogens with one attached hydrogen (secondary N) is 1. The normalized spacial score (nSPS) is 10.9. The van der Waals surface area contributed by atoms with Crippen molar-refractivity contribution in [2.75, 3.05) is 18.2 Å². The number of benzene rings is 3. The van der Waals surface area contributed by atoms with Crippen molar-refractivity contribution >= 4 is 51.3 Å². The Morgan fingerprint density at radius 3 is 2.57 bits per heavy atom. The molecule has 1 heterocycles. The zero-order chi connectivity index (χ0) is 19.5. The predicted octanol–water partition coefficient (Wildman–Crippen LogP) is 5.10. The first kappa shape index (κ1) is 18.1. The lowest BCUT2D eigenvalue weighted by Gasteiger charge is -2.08. The second kappa shape index (κ2) is 7.78. The van der Waals surface area contributed by atoms with Crippen molar-refractivity contribution in [2.24, 2.45) is 0 Å². The first-order chi connectivity index (χ1) is 13.7. The molecule has 0 atom stereocenters. The molecule has 5 nitrogen and oxygen atoms in total. The number of rotatable bonds is 5. The molecule has 3 aromatic carbocycles. The van der Waals surface area contributed by atoms with Gasteiger partial charge in [0.2, 0.25) is 5.91 Å². The lowest BCUT2D eigenvalue weighted by atomic mass is 10.1. The number of furan rings is 1. The molecule has 0 aliphatic heterocycles. The van der Waals surface area contributed by atoms with Crippen molar-refractivity contribution < 1.29 is 18.7 Å². The lowest BCUT2D eigenvalue weighted by Crippen LogP contribution is -2.14. The number of anilines is 1. The molecule has 140 valence electrons. The van der Waals surface area contributed by atoms with Gasteiger partial charge in [-0.05, 0) is 30.3 Å². The van der Waals surface area contributed by atoms with Crippen LogP contribution in [-0.4, -0.2) is 24.7 Å². The summed E-state index contributed by atoms with van der Waals surface area (Å²) in [5.41, 5.74) is 2.66. The summed E-state index contributed by atoms with van der Waals surface area (Å²) in [4.78, 5) is 24.9. The van der Waals surface area contributed by atoms with E-state index in [2.05, 4.69) is 5.32 Å². The van der Waals surface area contributed by atoms with Crippen LogP contribution in [0.1, 0.15) is 10.4 Å². The molecule has 4 rings (SSSR count). The highest BCUT2D eigenvalue weighted by molar-refractivity contribution is 8.00. The van der Waals surface area contributed by atoms with Crippen LogP contribution in [-0.2, 0) is 9.53 Å². The summed E-state index contributed by atoms with van der Waals surface area (Å²) in [5, 5.41) is 4.93. The minimum absolute atomic E-state index is 0.167. The maximum atomic E-state index is 12.4. The highest BCUT2D eigenvalue weighted by Crippen LogP contribution is 2.30. The zero-order valence-corrected chi connectivity index (χ0v) is 15.9. The fourth-order valence-electron chi connectivity index (χ4n) is 3.02. The number of carbonyl (C=O) groups is 2. The van der Waals surface area contributed by atoms with Crippen molar-refractivity contribution in [1.82, 2.24) is 0 Å². The van der Waals surface area contributed by atoms with Crippen molar-refractivity contribution in [2.45, 2.75) is 4.90 Å². The van der Waals surface area contributed by atoms with Gasteiger partial charge in [0.25, 0.3) is 0 Å². The molecule has 0 aliphatic rings. The maximum Gasteiger partial charge on any atom is 0.338 e. The Morgan fingerprint density at radius 1 is 0.964 bits per heavy atom. The number of carbonyl (C=O) groups excluding carboxylic acids is 2. The average molecular weight is 391 g/mol. The van der Waals surface area contributed by atoms with Crippen LogP contribution in [0.2, 0.25) is 0 Å². The third-order valence-electron chi connectivity index (χ3n) is 4.31. The number of esters is 1. The summed E-state index contributed by atoms with van der Waals surface area (Å²) >= 11 is 1.29. The van der Waals surface area contributed by atoms with E-state index in [1.165, 1.54) is 18.9 Å². The molecule has 0 radical (unpaired) electrons. The van der Waals surface area contributed by atoms with Crippen molar-refractivity contribution in [3.05, 3.63) is 72.3 Å². The standard InChI is InChI=1S/C22H17NO4S/c1-26-22(25)17-7-3-5-9-20(17)28-13-21(24)23-14-10-11-16-15-6-2-4-8-18(15)27-19(16)12-14/h2-12H,13H2,1H3,(H,23,24). The lowest BCUT2D eigenvalue weighted by molar-refractivity contribution is -0.113. The molecule has 0 bridgehead atoms. The van der Waals surface area contributed by atoms with Crippen LogP contribution in [0.5, 0.6) is 0 Å². The summed E-state index contributed by atoms with van der Waals surface area (Å²) in [7, 11) is 1.34. The Kier molecular flexibility index (Phi) is 5.04. The first-order valence-electron chi connectivity index (χ1n) is 8.67. The third-order valence-corrected chi connectivity index (χ3v) is 5.39. The Hall–Kier alpha value is -3.25.